The predicted octanol–water partition coefficient (Wildman–Crippen LogP) is 3.36. The number of hydrogen-bond acceptors (Lipinski definition) is 2. The molecule has 1 atom stereocenters. The maximum Gasteiger partial charge on any atom is 0.222 e. The Balaban J connectivity index is 2.04. The van der Waals surface area contributed by atoms with E-state index in [2.05, 4.69) is 6.92 Å². The standard InChI is InChI=1S/C16H31NO2/c1-2-3-4-5-6-7-8-11-16(19)17-12-9-10-15(13-17)14-18/h15,18H,2-14H2,1H3. The summed E-state index contributed by atoms with van der Waals surface area (Å²) in [6, 6.07) is 0. The molecule has 0 aromatic carbocycles. The van der Waals surface area contributed by atoms with Crippen molar-refractivity contribution in [3.63, 3.8) is 0 Å². The van der Waals surface area contributed by atoms with Gasteiger partial charge < -0.3 is 10.0 Å². The number of unbranched alkanes of at least 4 members (excludes halogenated alkanes) is 6. The van der Waals surface area contributed by atoms with E-state index in [0.29, 0.717) is 18.2 Å². The minimum atomic E-state index is 0.223. The van der Waals surface area contributed by atoms with Crippen LogP contribution in [0.4, 0.5) is 0 Å². The molecule has 0 radical (unpaired) electrons. The van der Waals surface area contributed by atoms with Crippen LogP contribution >= 0.6 is 0 Å². The monoisotopic (exact) mass is 269 g/mol. The molecule has 1 fully saturated rings. The normalized spacial score (nSPS) is 19.7. The van der Waals surface area contributed by atoms with E-state index in [0.717, 1.165) is 32.4 Å². The summed E-state index contributed by atoms with van der Waals surface area (Å²) in [5.41, 5.74) is 0. The van der Waals surface area contributed by atoms with Crippen LogP contribution in [0.3, 0.4) is 0 Å². The summed E-state index contributed by atoms with van der Waals surface area (Å²) >= 11 is 0. The molecule has 112 valence electrons. The van der Waals surface area contributed by atoms with Crippen LogP contribution < -0.4 is 0 Å². The van der Waals surface area contributed by atoms with E-state index in [4.69, 9.17) is 5.11 Å². The van der Waals surface area contributed by atoms with Gasteiger partial charge in [-0.3, -0.25) is 4.79 Å². The third-order valence-electron chi connectivity index (χ3n) is 4.12. The maximum absolute atomic E-state index is 12.0. The lowest BCUT2D eigenvalue weighted by Crippen LogP contribution is -2.40. The first kappa shape index (κ1) is 16.5. The lowest BCUT2D eigenvalue weighted by Gasteiger charge is -2.32. The van der Waals surface area contributed by atoms with Crippen molar-refractivity contribution in [2.75, 3.05) is 19.7 Å². The second-order valence-corrected chi connectivity index (χ2v) is 5.90. The van der Waals surface area contributed by atoms with Crippen LogP contribution in [0.1, 0.15) is 71.1 Å². The van der Waals surface area contributed by atoms with E-state index in [-0.39, 0.29) is 6.61 Å². The number of likely N-dealkylation sites (tertiary alicyclic amines) is 1. The van der Waals surface area contributed by atoms with Gasteiger partial charge in [0.1, 0.15) is 0 Å². The molecule has 0 spiro atoms. The van der Waals surface area contributed by atoms with Gasteiger partial charge in [0.2, 0.25) is 5.91 Å². The third-order valence-corrected chi connectivity index (χ3v) is 4.12. The van der Waals surface area contributed by atoms with Crippen LogP contribution in [0, 0.1) is 5.92 Å². The van der Waals surface area contributed by atoms with Gasteiger partial charge in [0.15, 0.2) is 0 Å². The topological polar surface area (TPSA) is 40.5 Å². The minimum Gasteiger partial charge on any atom is -0.396 e. The Kier molecular flexibility index (Phi) is 8.89. The van der Waals surface area contributed by atoms with Crippen molar-refractivity contribution in [3.8, 4) is 0 Å². The van der Waals surface area contributed by atoms with Crippen LogP contribution in [0.5, 0.6) is 0 Å². The van der Waals surface area contributed by atoms with Crippen molar-refractivity contribution < 1.29 is 9.90 Å². The summed E-state index contributed by atoms with van der Waals surface area (Å²) in [6.07, 6.45) is 11.6. The molecule has 3 nitrogen and oxygen atoms in total. The van der Waals surface area contributed by atoms with Gasteiger partial charge in [0.25, 0.3) is 0 Å². The molecule has 19 heavy (non-hydrogen) atoms. The zero-order chi connectivity index (χ0) is 13.9. The third kappa shape index (κ3) is 6.95. The van der Waals surface area contributed by atoms with Gasteiger partial charge in [0, 0.05) is 26.1 Å². The van der Waals surface area contributed by atoms with Gasteiger partial charge in [-0.25, -0.2) is 0 Å². The summed E-state index contributed by atoms with van der Waals surface area (Å²) in [7, 11) is 0. The first-order valence-electron chi connectivity index (χ1n) is 8.16. The molecule has 1 amide bonds. The smallest absolute Gasteiger partial charge is 0.222 e. The van der Waals surface area contributed by atoms with Crippen LogP contribution in [-0.2, 0) is 4.79 Å². The molecule has 0 aromatic rings. The van der Waals surface area contributed by atoms with E-state index in [1.54, 1.807) is 0 Å². The average molecular weight is 269 g/mol. The number of aliphatic hydroxyl groups is 1. The highest BCUT2D eigenvalue weighted by Crippen LogP contribution is 2.17. The lowest BCUT2D eigenvalue weighted by molar-refractivity contribution is -0.133. The Bertz CT molecular complexity index is 243. The zero-order valence-electron chi connectivity index (χ0n) is 12.6. The quantitative estimate of drug-likeness (QED) is 0.652. The van der Waals surface area contributed by atoms with Gasteiger partial charge in [-0.05, 0) is 25.2 Å². The van der Waals surface area contributed by atoms with Gasteiger partial charge in [-0.1, -0.05) is 45.4 Å². The number of aliphatic hydroxyl groups excluding tert-OH is 1. The molecule has 0 saturated carbocycles. The van der Waals surface area contributed by atoms with E-state index < -0.39 is 0 Å². The number of amides is 1. The van der Waals surface area contributed by atoms with Crippen molar-refractivity contribution in [3.05, 3.63) is 0 Å². The molecule has 1 N–H and O–H groups in total. The van der Waals surface area contributed by atoms with E-state index in [1.165, 1.54) is 38.5 Å². The summed E-state index contributed by atoms with van der Waals surface area (Å²) in [5, 5.41) is 9.17. The molecule has 3 heteroatoms. The largest absolute Gasteiger partial charge is 0.396 e. The summed E-state index contributed by atoms with van der Waals surface area (Å²) < 4.78 is 0. The van der Waals surface area contributed by atoms with Crippen LogP contribution in [0.25, 0.3) is 0 Å². The van der Waals surface area contributed by atoms with Crippen molar-refractivity contribution in [1.82, 2.24) is 4.90 Å². The van der Waals surface area contributed by atoms with Crippen molar-refractivity contribution in [1.29, 1.82) is 0 Å². The molecule has 1 heterocycles. The number of carbonyl (C=O) groups is 1. The van der Waals surface area contributed by atoms with E-state index >= 15 is 0 Å². The van der Waals surface area contributed by atoms with Crippen molar-refractivity contribution >= 4 is 5.91 Å². The summed E-state index contributed by atoms with van der Waals surface area (Å²) in [4.78, 5) is 14.0. The Morgan fingerprint density at radius 3 is 2.53 bits per heavy atom. The molecule has 0 aromatic heterocycles. The van der Waals surface area contributed by atoms with Crippen molar-refractivity contribution in [2.45, 2.75) is 71.1 Å². The number of nitrogens with zero attached hydrogens (tertiary/aromatic N) is 1. The fraction of sp³-hybridized carbons (Fsp3) is 0.938. The van der Waals surface area contributed by atoms with Crippen LogP contribution in [0.2, 0.25) is 0 Å². The highest BCUT2D eigenvalue weighted by molar-refractivity contribution is 5.76. The Morgan fingerprint density at radius 1 is 1.16 bits per heavy atom. The Hall–Kier alpha value is -0.570. The van der Waals surface area contributed by atoms with Crippen LogP contribution in [-0.4, -0.2) is 35.6 Å². The SMILES string of the molecule is CCCCCCCCCC(=O)N1CCCC(CO)C1. The summed E-state index contributed by atoms with van der Waals surface area (Å²) in [5.74, 6) is 0.610. The number of carbonyl (C=O) groups excluding carboxylic acids is 1. The molecule has 1 aliphatic heterocycles. The Labute approximate surface area is 118 Å². The van der Waals surface area contributed by atoms with Gasteiger partial charge in [-0.15, -0.1) is 0 Å². The van der Waals surface area contributed by atoms with Gasteiger partial charge in [-0.2, -0.15) is 0 Å². The molecule has 1 rings (SSSR count). The molecule has 0 aliphatic carbocycles. The number of piperidine rings is 1. The molecular formula is C16H31NO2. The predicted molar refractivity (Wildman–Crippen MR) is 79.0 cm³/mol. The second-order valence-electron chi connectivity index (χ2n) is 5.90. The first-order chi connectivity index (χ1) is 9.27. The maximum atomic E-state index is 12.0. The highest BCUT2D eigenvalue weighted by Gasteiger charge is 2.22. The second kappa shape index (κ2) is 10.2. The van der Waals surface area contributed by atoms with Crippen LogP contribution in [0.15, 0.2) is 0 Å². The van der Waals surface area contributed by atoms with E-state index in [1.807, 2.05) is 4.90 Å². The zero-order valence-corrected chi connectivity index (χ0v) is 12.6. The average Bonchev–Trinajstić information content (AvgIpc) is 2.46. The molecular weight excluding hydrogens is 238 g/mol. The van der Waals surface area contributed by atoms with Gasteiger partial charge in [0.05, 0.1) is 0 Å². The fourth-order valence-corrected chi connectivity index (χ4v) is 2.83. The molecule has 1 unspecified atom stereocenters. The molecule has 1 saturated heterocycles. The fourth-order valence-electron chi connectivity index (χ4n) is 2.83. The number of rotatable bonds is 9. The van der Waals surface area contributed by atoms with Crippen molar-refractivity contribution in [2.24, 2.45) is 5.92 Å². The highest BCUT2D eigenvalue weighted by atomic mass is 16.3. The first-order valence-corrected chi connectivity index (χ1v) is 8.16. The molecule has 0 bridgehead atoms. The number of hydrogen-bond donors (Lipinski definition) is 1. The molecule has 1 aliphatic rings. The van der Waals surface area contributed by atoms with E-state index in [9.17, 15) is 4.79 Å². The minimum absolute atomic E-state index is 0.223. The lowest BCUT2D eigenvalue weighted by atomic mass is 9.98. The Morgan fingerprint density at radius 2 is 1.84 bits per heavy atom. The summed E-state index contributed by atoms with van der Waals surface area (Å²) in [6.45, 7) is 4.12. The van der Waals surface area contributed by atoms with Gasteiger partial charge >= 0.3 is 0 Å².